The van der Waals surface area contributed by atoms with Crippen molar-refractivity contribution < 1.29 is 9.90 Å². The molecule has 0 saturated carbocycles. The van der Waals surface area contributed by atoms with Gasteiger partial charge in [0.25, 0.3) is 0 Å². The van der Waals surface area contributed by atoms with Crippen LogP contribution >= 0.6 is 11.6 Å². The first-order valence-corrected chi connectivity index (χ1v) is 6.05. The molecular weight excluding hydrogens is 262 g/mol. The number of phenols is 1. The number of phenolic OH excluding ortho intramolecular Hbond substituents is 1. The topological polar surface area (TPSA) is 49.3 Å². The van der Waals surface area contributed by atoms with Gasteiger partial charge in [-0.1, -0.05) is 35.9 Å². The first-order valence-electron chi connectivity index (χ1n) is 5.68. The van der Waals surface area contributed by atoms with Gasteiger partial charge in [-0.25, -0.2) is 0 Å². The van der Waals surface area contributed by atoms with Crippen molar-refractivity contribution in [3.63, 3.8) is 0 Å². The second-order valence-corrected chi connectivity index (χ2v) is 4.33. The number of aromatic hydroxyl groups is 1. The van der Waals surface area contributed by atoms with Crippen LogP contribution in [0.1, 0.15) is 5.56 Å². The van der Waals surface area contributed by atoms with E-state index >= 15 is 0 Å². The normalized spacial score (nSPS) is 10.6. The third-order valence-electron chi connectivity index (χ3n) is 2.46. The van der Waals surface area contributed by atoms with E-state index in [9.17, 15) is 9.90 Å². The molecule has 2 N–H and O–H groups in total. The number of nitrogens with one attached hydrogen (secondary N) is 1. The maximum atomic E-state index is 11.7. The minimum absolute atomic E-state index is 0.0377. The molecule has 1 amide bonds. The average molecular weight is 274 g/mol. The summed E-state index contributed by atoms with van der Waals surface area (Å²) in [5.41, 5.74) is 1.25. The highest BCUT2D eigenvalue weighted by atomic mass is 35.5. The average Bonchev–Trinajstić information content (AvgIpc) is 2.41. The molecule has 0 aliphatic rings. The van der Waals surface area contributed by atoms with Crippen LogP contribution in [0.4, 0.5) is 5.69 Å². The fourth-order valence-electron chi connectivity index (χ4n) is 1.50. The zero-order valence-corrected chi connectivity index (χ0v) is 10.8. The molecule has 2 aromatic carbocycles. The van der Waals surface area contributed by atoms with Crippen molar-refractivity contribution in [3.05, 3.63) is 65.2 Å². The van der Waals surface area contributed by atoms with Crippen molar-refractivity contribution in [1.82, 2.24) is 0 Å². The molecule has 0 aliphatic carbocycles. The fourth-order valence-corrected chi connectivity index (χ4v) is 1.63. The van der Waals surface area contributed by atoms with Crippen LogP contribution in [0.3, 0.4) is 0 Å². The van der Waals surface area contributed by atoms with Gasteiger partial charge in [0.15, 0.2) is 0 Å². The Morgan fingerprint density at radius 3 is 2.47 bits per heavy atom. The molecule has 4 heteroatoms. The molecular formula is C15H12ClNO2. The molecule has 96 valence electrons. The Morgan fingerprint density at radius 2 is 1.79 bits per heavy atom. The second kappa shape index (κ2) is 6.07. The van der Waals surface area contributed by atoms with Crippen LogP contribution < -0.4 is 5.32 Å². The van der Waals surface area contributed by atoms with Crippen LogP contribution in [0.15, 0.2) is 54.6 Å². The van der Waals surface area contributed by atoms with Gasteiger partial charge in [-0.15, -0.1) is 0 Å². The van der Waals surface area contributed by atoms with Gasteiger partial charge in [0, 0.05) is 11.1 Å². The first-order chi connectivity index (χ1) is 9.15. The smallest absolute Gasteiger partial charge is 0.248 e. The van der Waals surface area contributed by atoms with E-state index in [1.165, 1.54) is 12.1 Å². The Bertz CT molecular complexity index is 606. The van der Waals surface area contributed by atoms with Crippen LogP contribution in [-0.2, 0) is 4.79 Å². The van der Waals surface area contributed by atoms with Crippen molar-refractivity contribution >= 4 is 29.3 Å². The Labute approximate surface area is 116 Å². The summed E-state index contributed by atoms with van der Waals surface area (Å²) in [6.45, 7) is 0. The van der Waals surface area contributed by atoms with E-state index in [-0.39, 0.29) is 11.7 Å². The summed E-state index contributed by atoms with van der Waals surface area (Å²) in [5, 5.41) is 12.8. The van der Waals surface area contributed by atoms with Crippen LogP contribution in [-0.4, -0.2) is 11.0 Å². The summed E-state index contributed by atoms with van der Waals surface area (Å²) in [5.74, 6) is -0.271. The first kappa shape index (κ1) is 13.2. The van der Waals surface area contributed by atoms with E-state index in [1.54, 1.807) is 36.4 Å². The zero-order chi connectivity index (χ0) is 13.7. The lowest BCUT2D eigenvalue weighted by Crippen LogP contribution is -2.07. The number of hydrogen-bond acceptors (Lipinski definition) is 2. The molecule has 0 radical (unpaired) electrons. The third kappa shape index (κ3) is 3.86. The summed E-state index contributed by atoms with van der Waals surface area (Å²) < 4.78 is 0. The highest BCUT2D eigenvalue weighted by Crippen LogP contribution is 2.21. The van der Waals surface area contributed by atoms with E-state index in [1.807, 2.05) is 12.1 Å². The van der Waals surface area contributed by atoms with E-state index in [2.05, 4.69) is 5.32 Å². The molecule has 2 rings (SSSR count). The van der Waals surface area contributed by atoms with Crippen molar-refractivity contribution in [3.8, 4) is 5.75 Å². The highest BCUT2D eigenvalue weighted by molar-refractivity contribution is 6.30. The Balaban J connectivity index is 2.02. The van der Waals surface area contributed by atoms with Gasteiger partial charge in [-0.05, 0) is 35.9 Å². The number of carbonyl (C=O) groups excluding carboxylic acids is 1. The number of benzene rings is 2. The second-order valence-electron chi connectivity index (χ2n) is 3.89. The quantitative estimate of drug-likeness (QED) is 0.662. The monoisotopic (exact) mass is 273 g/mol. The van der Waals surface area contributed by atoms with E-state index in [0.29, 0.717) is 10.7 Å². The number of para-hydroxylation sites is 2. The molecule has 19 heavy (non-hydrogen) atoms. The van der Waals surface area contributed by atoms with Crippen LogP contribution in [0.5, 0.6) is 5.75 Å². The summed E-state index contributed by atoms with van der Waals surface area (Å²) in [6, 6.07) is 13.7. The van der Waals surface area contributed by atoms with Crippen molar-refractivity contribution in [1.29, 1.82) is 0 Å². The maximum absolute atomic E-state index is 11.7. The van der Waals surface area contributed by atoms with Gasteiger partial charge in [-0.2, -0.15) is 0 Å². The van der Waals surface area contributed by atoms with E-state index in [4.69, 9.17) is 11.6 Å². The molecule has 0 aliphatic heterocycles. The number of carbonyl (C=O) groups is 1. The van der Waals surface area contributed by atoms with E-state index < -0.39 is 0 Å². The zero-order valence-electron chi connectivity index (χ0n) is 10.0. The van der Waals surface area contributed by atoms with Crippen molar-refractivity contribution in [2.45, 2.75) is 0 Å². The van der Waals surface area contributed by atoms with Gasteiger partial charge < -0.3 is 10.4 Å². The molecule has 0 aromatic heterocycles. The van der Waals surface area contributed by atoms with Crippen molar-refractivity contribution in [2.75, 3.05) is 5.32 Å². The number of rotatable bonds is 3. The summed E-state index contributed by atoms with van der Waals surface area (Å²) >= 11 is 5.77. The molecule has 2 aromatic rings. The van der Waals surface area contributed by atoms with Crippen LogP contribution in [0.2, 0.25) is 5.02 Å². The Kier molecular flexibility index (Phi) is 4.21. The number of anilines is 1. The number of halogens is 1. The minimum atomic E-state index is -0.309. The molecule has 0 bridgehead atoms. The summed E-state index contributed by atoms with van der Waals surface area (Å²) in [4.78, 5) is 11.7. The largest absolute Gasteiger partial charge is 0.506 e. The molecule has 0 fully saturated rings. The van der Waals surface area contributed by atoms with Gasteiger partial charge in [0.1, 0.15) is 5.75 Å². The molecule has 0 heterocycles. The molecule has 0 unspecified atom stereocenters. The van der Waals surface area contributed by atoms with Gasteiger partial charge in [0.2, 0.25) is 5.91 Å². The van der Waals surface area contributed by atoms with Crippen LogP contribution in [0.25, 0.3) is 6.08 Å². The Morgan fingerprint density at radius 1 is 1.11 bits per heavy atom. The fraction of sp³-hybridized carbons (Fsp3) is 0. The SMILES string of the molecule is O=C(C=Cc1ccc(Cl)cc1)Nc1ccccc1O. The molecule has 0 atom stereocenters. The molecule has 0 spiro atoms. The lowest BCUT2D eigenvalue weighted by atomic mass is 10.2. The predicted octanol–water partition coefficient (Wildman–Crippen LogP) is 3.70. The van der Waals surface area contributed by atoms with Gasteiger partial charge >= 0.3 is 0 Å². The highest BCUT2D eigenvalue weighted by Gasteiger charge is 2.01. The third-order valence-corrected chi connectivity index (χ3v) is 2.71. The molecule has 0 saturated heterocycles. The number of hydrogen-bond donors (Lipinski definition) is 2. The standard InChI is InChI=1S/C15H12ClNO2/c16-12-8-5-11(6-9-12)7-10-15(19)17-13-3-1-2-4-14(13)18/h1-10,18H,(H,17,19). The molecule has 3 nitrogen and oxygen atoms in total. The maximum Gasteiger partial charge on any atom is 0.248 e. The van der Waals surface area contributed by atoms with Crippen LogP contribution in [0, 0.1) is 0 Å². The lowest BCUT2D eigenvalue weighted by molar-refractivity contribution is -0.111. The van der Waals surface area contributed by atoms with E-state index in [0.717, 1.165) is 5.56 Å². The predicted molar refractivity (Wildman–Crippen MR) is 77.2 cm³/mol. The number of amides is 1. The summed E-state index contributed by atoms with van der Waals surface area (Å²) in [7, 11) is 0. The van der Waals surface area contributed by atoms with Gasteiger partial charge in [0.05, 0.1) is 5.69 Å². The lowest BCUT2D eigenvalue weighted by Gasteiger charge is -2.03. The van der Waals surface area contributed by atoms with Crippen molar-refractivity contribution in [2.24, 2.45) is 0 Å². The Hall–Kier alpha value is -2.26. The minimum Gasteiger partial charge on any atom is -0.506 e. The summed E-state index contributed by atoms with van der Waals surface area (Å²) in [6.07, 6.45) is 3.07. The van der Waals surface area contributed by atoms with Gasteiger partial charge in [-0.3, -0.25) is 4.79 Å².